The molecule has 0 radical (unpaired) electrons. The van der Waals surface area contributed by atoms with Crippen LogP contribution in [0.1, 0.15) is 59.9 Å². The Bertz CT molecular complexity index is 1290. The van der Waals surface area contributed by atoms with Crippen molar-refractivity contribution in [3.05, 3.63) is 90.5 Å². The maximum absolute atomic E-state index is 13.5. The maximum atomic E-state index is 13.5. The van der Waals surface area contributed by atoms with Crippen LogP contribution in [0.15, 0.2) is 84.9 Å². The van der Waals surface area contributed by atoms with Crippen molar-refractivity contribution in [2.45, 2.75) is 78.1 Å². The topological polar surface area (TPSA) is 90.9 Å². The van der Waals surface area contributed by atoms with Crippen LogP contribution in [0.3, 0.4) is 0 Å². The molecule has 0 saturated heterocycles. The van der Waals surface area contributed by atoms with E-state index in [0.717, 1.165) is 16.7 Å². The van der Waals surface area contributed by atoms with E-state index in [1.165, 1.54) is 0 Å². The van der Waals surface area contributed by atoms with E-state index in [9.17, 15) is 14.4 Å². The van der Waals surface area contributed by atoms with Gasteiger partial charge in [0.15, 0.2) is 6.10 Å². The zero-order valence-corrected chi connectivity index (χ0v) is 25.5. The highest BCUT2D eigenvalue weighted by molar-refractivity contribution is 5.82. The predicted molar refractivity (Wildman–Crippen MR) is 164 cm³/mol. The van der Waals surface area contributed by atoms with Gasteiger partial charge in [-0.2, -0.15) is 0 Å². The van der Waals surface area contributed by atoms with Gasteiger partial charge in [-0.25, -0.2) is 4.79 Å². The van der Waals surface area contributed by atoms with E-state index in [4.69, 9.17) is 14.2 Å². The zero-order chi connectivity index (χ0) is 30.8. The molecule has 2 atom stereocenters. The molecular formula is C35H43NO6. The molecular weight excluding hydrogens is 530 g/mol. The molecule has 0 saturated carbocycles. The van der Waals surface area contributed by atoms with Gasteiger partial charge < -0.3 is 19.5 Å². The molecule has 224 valence electrons. The van der Waals surface area contributed by atoms with E-state index < -0.39 is 35.2 Å². The minimum atomic E-state index is -1.02. The van der Waals surface area contributed by atoms with Crippen LogP contribution in [-0.4, -0.2) is 41.7 Å². The van der Waals surface area contributed by atoms with E-state index in [1.807, 2.05) is 72.8 Å². The molecule has 0 spiro atoms. The van der Waals surface area contributed by atoms with Crippen molar-refractivity contribution in [2.75, 3.05) is 6.54 Å². The van der Waals surface area contributed by atoms with Crippen molar-refractivity contribution in [1.82, 2.24) is 5.32 Å². The first-order chi connectivity index (χ1) is 19.8. The monoisotopic (exact) mass is 573 g/mol. The molecule has 0 aliphatic rings. The molecule has 0 aromatic heterocycles. The van der Waals surface area contributed by atoms with Gasteiger partial charge in [0.2, 0.25) is 5.91 Å². The summed E-state index contributed by atoms with van der Waals surface area (Å²) in [5.74, 6) is -1.35. The number of benzene rings is 3. The molecule has 0 fully saturated rings. The molecule has 0 aliphatic carbocycles. The minimum Gasteiger partial charge on any atom is -0.479 e. The highest BCUT2D eigenvalue weighted by atomic mass is 16.6. The maximum Gasteiger partial charge on any atom is 0.347 e. The Labute approximate surface area is 249 Å². The summed E-state index contributed by atoms with van der Waals surface area (Å²) in [6.45, 7) is 10.9. The number of para-hydroxylation sites is 1. The van der Waals surface area contributed by atoms with Crippen LogP contribution < -0.4 is 10.1 Å². The summed E-state index contributed by atoms with van der Waals surface area (Å²) in [6.07, 6.45) is -0.526. The van der Waals surface area contributed by atoms with Crippen LogP contribution >= 0.6 is 0 Å². The first-order valence-corrected chi connectivity index (χ1v) is 14.4. The molecule has 3 aromatic rings. The number of carbonyl (C=O) groups is 3. The van der Waals surface area contributed by atoms with Crippen molar-refractivity contribution in [1.29, 1.82) is 0 Å². The number of carbonyl (C=O) groups excluding carboxylic acids is 3. The average Bonchev–Trinajstić information content (AvgIpc) is 2.91. The van der Waals surface area contributed by atoms with Gasteiger partial charge in [-0.3, -0.25) is 9.59 Å². The number of nitrogens with one attached hydrogen (secondary N) is 1. The van der Waals surface area contributed by atoms with Crippen molar-refractivity contribution in [3.63, 3.8) is 0 Å². The van der Waals surface area contributed by atoms with Gasteiger partial charge >= 0.3 is 11.9 Å². The number of hydrogen-bond donors (Lipinski definition) is 1. The molecule has 0 aliphatic heterocycles. The van der Waals surface area contributed by atoms with Crippen molar-refractivity contribution in [2.24, 2.45) is 5.92 Å². The van der Waals surface area contributed by atoms with Crippen LogP contribution in [-0.2, 0) is 30.3 Å². The second kappa shape index (κ2) is 14.7. The fourth-order valence-corrected chi connectivity index (χ4v) is 4.34. The van der Waals surface area contributed by atoms with Crippen LogP contribution in [0, 0.1) is 5.92 Å². The van der Waals surface area contributed by atoms with Crippen molar-refractivity contribution >= 4 is 17.8 Å². The number of rotatable bonds is 12. The first-order valence-electron chi connectivity index (χ1n) is 14.4. The second-order valence-corrected chi connectivity index (χ2v) is 12.3. The second-order valence-electron chi connectivity index (χ2n) is 12.3. The van der Waals surface area contributed by atoms with Gasteiger partial charge in [0.1, 0.15) is 17.0 Å². The highest BCUT2D eigenvalue weighted by Gasteiger charge is 2.33. The van der Waals surface area contributed by atoms with Crippen LogP contribution in [0.4, 0.5) is 0 Å². The molecule has 7 nitrogen and oxygen atoms in total. The van der Waals surface area contributed by atoms with Gasteiger partial charge in [-0.1, -0.05) is 72.8 Å². The van der Waals surface area contributed by atoms with Crippen LogP contribution in [0.2, 0.25) is 0 Å². The molecule has 3 aromatic carbocycles. The Morgan fingerprint density at radius 3 is 1.83 bits per heavy atom. The third kappa shape index (κ3) is 11.4. The normalized spacial score (nSPS) is 13.0. The van der Waals surface area contributed by atoms with Gasteiger partial charge in [0.25, 0.3) is 0 Å². The smallest absolute Gasteiger partial charge is 0.347 e. The third-order valence-electron chi connectivity index (χ3n) is 6.15. The lowest BCUT2D eigenvalue weighted by atomic mass is 9.91. The summed E-state index contributed by atoms with van der Waals surface area (Å²) < 4.78 is 17.1. The lowest BCUT2D eigenvalue weighted by Gasteiger charge is -2.27. The predicted octanol–water partition coefficient (Wildman–Crippen LogP) is 6.54. The fraction of sp³-hybridized carbons (Fsp3) is 0.400. The van der Waals surface area contributed by atoms with E-state index in [1.54, 1.807) is 53.7 Å². The number of esters is 2. The fourth-order valence-electron chi connectivity index (χ4n) is 4.34. The number of ether oxygens (including phenoxy) is 3. The van der Waals surface area contributed by atoms with E-state index in [0.29, 0.717) is 12.2 Å². The summed E-state index contributed by atoms with van der Waals surface area (Å²) in [6, 6.07) is 27.1. The molecule has 0 heterocycles. The summed E-state index contributed by atoms with van der Waals surface area (Å²) in [5.41, 5.74) is 1.77. The Balaban J connectivity index is 1.81. The average molecular weight is 574 g/mol. The Morgan fingerprint density at radius 2 is 1.26 bits per heavy atom. The van der Waals surface area contributed by atoms with E-state index in [-0.39, 0.29) is 25.3 Å². The van der Waals surface area contributed by atoms with Crippen molar-refractivity contribution < 1.29 is 28.6 Å². The number of amides is 1. The zero-order valence-electron chi connectivity index (χ0n) is 25.5. The largest absolute Gasteiger partial charge is 0.479 e. The third-order valence-corrected chi connectivity index (χ3v) is 6.15. The molecule has 1 amide bonds. The molecule has 0 unspecified atom stereocenters. The van der Waals surface area contributed by atoms with E-state index >= 15 is 0 Å². The SMILES string of the molecule is CC(C)(C)OC(=O)CCNC(=O)[C@H](Cc1ccc(-c2ccccc2)cc1)C[C@H](Oc1ccccc1)C(=O)OC(C)(C)C. The highest BCUT2D eigenvalue weighted by Crippen LogP contribution is 2.24. The Kier molecular flexibility index (Phi) is 11.3. The summed E-state index contributed by atoms with van der Waals surface area (Å²) in [7, 11) is 0. The molecule has 1 N–H and O–H groups in total. The van der Waals surface area contributed by atoms with Gasteiger partial charge in [-0.15, -0.1) is 0 Å². The van der Waals surface area contributed by atoms with Gasteiger partial charge in [0.05, 0.1) is 6.42 Å². The van der Waals surface area contributed by atoms with Gasteiger partial charge in [-0.05, 0) is 76.8 Å². The lowest BCUT2D eigenvalue weighted by molar-refractivity contribution is -0.164. The summed E-state index contributed by atoms with van der Waals surface area (Å²) in [4.78, 5) is 39.0. The molecule has 3 rings (SSSR count). The summed E-state index contributed by atoms with van der Waals surface area (Å²) >= 11 is 0. The quantitative estimate of drug-likeness (QED) is 0.248. The van der Waals surface area contributed by atoms with Crippen molar-refractivity contribution in [3.8, 4) is 16.9 Å². The summed E-state index contributed by atoms with van der Waals surface area (Å²) in [5, 5.41) is 2.87. The lowest BCUT2D eigenvalue weighted by Crippen LogP contribution is -2.41. The molecule has 7 heteroatoms. The van der Waals surface area contributed by atoms with Crippen LogP contribution in [0.25, 0.3) is 11.1 Å². The standard InChI is InChI=1S/C35H43NO6/c1-34(2,3)41-31(37)21-22-36-32(38)28(23-25-17-19-27(20-18-25)26-13-9-7-10-14-26)24-30(33(39)42-35(4,5)6)40-29-15-11-8-12-16-29/h7-20,28,30H,21-24H2,1-6H3,(H,36,38)/t28-,30+/m1/s1. The molecule has 0 bridgehead atoms. The first kappa shape index (κ1) is 32.4. The Morgan fingerprint density at radius 1 is 0.714 bits per heavy atom. The number of hydrogen-bond acceptors (Lipinski definition) is 6. The van der Waals surface area contributed by atoms with Gasteiger partial charge in [0, 0.05) is 18.9 Å². The van der Waals surface area contributed by atoms with E-state index in [2.05, 4.69) is 5.32 Å². The Hall–Kier alpha value is -4.13. The van der Waals surface area contributed by atoms with Crippen LogP contribution in [0.5, 0.6) is 5.75 Å². The minimum absolute atomic E-state index is 0.0392. The molecule has 42 heavy (non-hydrogen) atoms.